The normalized spacial score (nSPS) is 19.9. The summed E-state index contributed by atoms with van der Waals surface area (Å²) in [6, 6.07) is 16.4. The zero-order valence-corrected chi connectivity index (χ0v) is 19.3. The molecule has 1 atom stereocenters. The van der Waals surface area contributed by atoms with Crippen molar-refractivity contribution in [1.82, 2.24) is 10.2 Å². The van der Waals surface area contributed by atoms with E-state index in [9.17, 15) is 18.0 Å². The number of halogens is 3. The quantitative estimate of drug-likeness (QED) is 0.594. The molecular weight excluding hydrogens is 443 g/mol. The standard InChI is InChI=1S/C26H32F3N3O2/c27-26(28,29)34-24-8-6-23(7-9-24)32-17-13-22(19-32)25(33)30-14-10-20-11-15-31(16-12-20)18-21-4-2-1-3-5-21/h1-9,20,22H,10-19H2,(H,30,33)/t22-/m0/s1. The first-order valence-corrected chi connectivity index (χ1v) is 12.0. The zero-order chi connectivity index (χ0) is 24.0. The van der Waals surface area contributed by atoms with E-state index in [1.807, 2.05) is 11.0 Å². The van der Waals surface area contributed by atoms with E-state index in [1.165, 1.54) is 17.7 Å². The van der Waals surface area contributed by atoms with Gasteiger partial charge < -0.3 is 15.0 Å². The number of hydrogen-bond donors (Lipinski definition) is 1. The Hall–Kier alpha value is -2.74. The van der Waals surface area contributed by atoms with Gasteiger partial charge in [-0.1, -0.05) is 30.3 Å². The number of ether oxygens (including phenoxy) is 1. The predicted molar refractivity (Wildman–Crippen MR) is 126 cm³/mol. The topological polar surface area (TPSA) is 44.8 Å². The van der Waals surface area contributed by atoms with Crippen LogP contribution in [0.4, 0.5) is 18.9 Å². The molecular formula is C26H32F3N3O2. The summed E-state index contributed by atoms with van der Waals surface area (Å²) in [6.45, 7) is 5.17. The third-order valence-electron chi connectivity index (χ3n) is 6.80. The molecule has 0 radical (unpaired) electrons. The van der Waals surface area contributed by atoms with Crippen molar-refractivity contribution in [3.05, 3.63) is 60.2 Å². The van der Waals surface area contributed by atoms with E-state index >= 15 is 0 Å². The van der Waals surface area contributed by atoms with Gasteiger partial charge in [0.2, 0.25) is 5.91 Å². The summed E-state index contributed by atoms with van der Waals surface area (Å²) >= 11 is 0. The highest BCUT2D eigenvalue weighted by Gasteiger charge is 2.32. The maximum absolute atomic E-state index is 12.6. The zero-order valence-electron chi connectivity index (χ0n) is 19.3. The number of piperidine rings is 1. The molecule has 2 aromatic carbocycles. The second kappa shape index (κ2) is 11.1. The average molecular weight is 476 g/mol. The Labute approximate surface area is 198 Å². The van der Waals surface area contributed by atoms with Gasteiger partial charge in [-0.25, -0.2) is 0 Å². The summed E-state index contributed by atoms with van der Waals surface area (Å²) < 4.78 is 40.9. The highest BCUT2D eigenvalue weighted by Crippen LogP contribution is 2.28. The van der Waals surface area contributed by atoms with Crippen molar-refractivity contribution in [2.45, 2.75) is 38.6 Å². The van der Waals surface area contributed by atoms with Crippen molar-refractivity contribution >= 4 is 11.6 Å². The van der Waals surface area contributed by atoms with E-state index in [2.05, 4.69) is 39.2 Å². The molecule has 0 spiro atoms. The third-order valence-corrected chi connectivity index (χ3v) is 6.80. The molecule has 34 heavy (non-hydrogen) atoms. The Morgan fingerprint density at radius 2 is 1.68 bits per heavy atom. The molecule has 1 N–H and O–H groups in total. The molecule has 4 rings (SSSR count). The van der Waals surface area contributed by atoms with Crippen molar-refractivity contribution < 1.29 is 22.7 Å². The molecule has 8 heteroatoms. The number of benzene rings is 2. The predicted octanol–water partition coefficient (Wildman–Crippen LogP) is 4.83. The number of nitrogens with zero attached hydrogens (tertiary/aromatic N) is 2. The van der Waals surface area contributed by atoms with Crippen LogP contribution in [0.25, 0.3) is 0 Å². The summed E-state index contributed by atoms with van der Waals surface area (Å²) in [5.74, 6) is 0.375. The molecule has 0 aromatic heterocycles. The van der Waals surface area contributed by atoms with E-state index in [1.54, 1.807) is 12.1 Å². The van der Waals surface area contributed by atoms with Gasteiger partial charge in [0.25, 0.3) is 0 Å². The molecule has 5 nitrogen and oxygen atoms in total. The molecule has 0 bridgehead atoms. The number of carbonyl (C=O) groups is 1. The molecule has 2 fully saturated rings. The highest BCUT2D eigenvalue weighted by atomic mass is 19.4. The molecule has 2 aromatic rings. The first-order valence-electron chi connectivity index (χ1n) is 12.0. The molecule has 2 aliphatic heterocycles. The minimum atomic E-state index is -4.70. The number of amides is 1. The van der Waals surface area contributed by atoms with E-state index in [4.69, 9.17) is 0 Å². The van der Waals surface area contributed by atoms with E-state index in [-0.39, 0.29) is 17.6 Å². The van der Waals surface area contributed by atoms with Gasteiger partial charge in [-0.2, -0.15) is 0 Å². The van der Waals surface area contributed by atoms with Gasteiger partial charge in [0.05, 0.1) is 5.92 Å². The lowest BCUT2D eigenvalue weighted by Gasteiger charge is -2.32. The van der Waals surface area contributed by atoms with Crippen molar-refractivity contribution in [2.75, 3.05) is 37.6 Å². The van der Waals surface area contributed by atoms with Gasteiger partial charge in [-0.15, -0.1) is 13.2 Å². The lowest BCUT2D eigenvalue weighted by molar-refractivity contribution is -0.274. The summed E-state index contributed by atoms with van der Waals surface area (Å²) in [7, 11) is 0. The highest BCUT2D eigenvalue weighted by molar-refractivity contribution is 5.80. The number of alkyl halides is 3. The molecule has 0 unspecified atom stereocenters. The SMILES string of the molecule is O=C(NCCC1CCN(Cc2ccccc2)CC1)[C@H]1CCN(c2ccc(OC(F)(F)F)cc2)C1. The monoisotopic (exact) mass is 475 g/mol. The molecule has 1 amide bonds. The van der Waals surface area contributed by atoms with Crippen LogP contribution < -0.4 is 15.0 Å². The summed E-state index contributed by atoms with van der Waals surface area (Å²) in [5, 5.41) is 3.11. The van der Waals surface area contributed by atoms with Crippen LogP contribution in [0.15, 0.2) is 54.6 Å². The Morgan fingerprint density at radius 3 is 2.35 bits per heavy atom. The smallest absolute Gasteiger partial charge is 0.406 e. The minimum Gasteiger partial charge on any atom is -0.406 e. The van der Waals surface area contributed by atoms with Gasteiger partial charge in [-0.3, -0.25) is 9.69 Å². The van der Waals surface area contributed by atoms with Crippen LogP contribution in [0.2, 0.25) is 0 Å². The Bertz CT molecular complexity index is 913. The lowest BCUT2D eigenvalue weighted by atomic mass is 9.93. The Kier molecular flexibility index (Phi) is 7.98. The van der Waals surface area contributed by atoms with Crippen LogP contribution in [0.3, 0.4) is 0 Å². The van der Waals surface area contributed by atoms with Gasteiger partial charge in [0.1, 0.15) is 5.75 Å². The number of hydrogen-bond acceptors (Lipinski definition) is 4. The molecule has 0 saturated carbocycles. The van der Waals surface area contributed by atoms with Gasteiger partial charge >= 0.3 is 6.36 Å². The fourth-order valence-corrected chi connectivity index (χ4v) is 4.89. The van der Waals surface area contributed by atoms with E-state index < -0.39 is 6.36 Å². The fourth-order valence-electron chi connectivity index (χ4n) is 4.89. The van der Waals surface area contributed by atoms with Crippen LogP contribution in [0.1, 0.15) is 31.2 Å². The molecule has 0 aliphatic carbocycles. The van der Waals surface area contributed by atoms with Crippen molar-refractivity contribution in [1.29, 1.82) is 0 Å². The Morgan fingerprint density at radius 1 is 0.971 bits per heavy atom. The minimum absolute atomic E-state index is 0.0704. The lowest BCUT2D eigenvalue weighted by Crippen LogP contribution is -2.36. The summed E-state index contributed by atoms with van der Waals surface area (Å²) in [4.78, 5) is 17.2. The van der Waals surface area contributed by atoms with Gasteiger partial charge in [-0.05, 0) is 74.5 Å². The van der Waals surface area contributed by atoms with Crippen LogP contribution in [0, 0.1) is 11.8 Å². The number of nitrogens with one attached hydrogen (secondary N) is 1. The third kappa shape index (κ3) is 7.13. The first kappa shape index (κ1) is 24.4. The van der Waals surface area contributed by atoms with Crippen molar-refractivity contribution in [2.24, 2.45) is 11.8 Å². The second-order valence-electron chi connectivity index (χ2n) is 9.26. The van der Waals surface area contributed by atoms with E-state index in [0.29, 0.717) is 25.6 Å². The van der Waals surface area contributed by atoms with Crippen LogP contribution in [-0.4, -0.2) is 49.9 Å². The first-order chi connectivity index (χ1) is 16.4. The van der Waals surface area contributed by atoms with Gasteiger partial charge in [0, 0.05) is 31.9 Å². The largest absolute Gasteiger partial charge is 0.573 e. The second-order valence-corrected chi connectivity index (χ2v) is 9.26. The van der Waals surface area contributed by atoms with Crippen molar-refractivity contribution in [3.63, 3.8) is 0 Å². The molecule has 2 aliphatic rings. The summed E-state index contributed by atoms with van der Waals surface area (Å²) in [6.07, 6.45) is -0.633. The van der Waals surface area contributed by atoms with Gasteiger partial charge in [0.15, 0.2) is 0 Å². The van der Waals surface area contributed by atoms with Crippen LogP contribution >= 0.6 is 0 Å². The maximum Gasteiger partial charge on any atom is 0.573 e. The van der Waals surface area contributed by atoms with E-state index in [0.717, 1.165) is 51.0 Å². The van der Waals surface area contributed by atoms with Crippen LogP contribution in [-0.2, 0) is 11.3 Å². The Balaban J connectivity index is 1.14. The number of likely N-dealkylation sites (tertiary alicyclic amines) is 1. The maximum atomic E-state index is 12.6. The fraction of sp³-hybridized carbons (Fsp3) is 0.500. The molecule has 2 saturated heterocycles. The molecule has 2 heterocycles. The average Bonchev–Trinajstić information content (AvgIpc) is 3.31. The summed E-state index contributed by atoms with van der Waals surface area (Å²) in [5.41, 5.74) is 2.15. The number of rotatable bonds is 8. The molecule has 184 valence electrons. The van der Waals surface area contributed by atoms with Crippen molar-refractivity contribution in [3.8, 4) is 5.75 Å². The van der Waals surface area contributed by atoms with Crippen LogP contribution in [0.5, 0.6) is 5.75 Å². The number of anilines is 1. The number of carbonyl (C=O) groups excluding carboxylic acids is 1.